The SMILES string of the molecule is CSCCCCNc1ccc(F)c(NC(=O)OC(C)(C)C)c1. The summed E-state index contributed by atoms with van der Waals surface area (Å²) in [6, 6.07) is 4.56. The Morgan fingerprint density at radius 1 is 1.32 bits per heavy atom. The highest BCUT2D eigenvalue weighted by molar-refractivity contribution is 7.98. The molecule has 0 radical (unpaired) electrons. The van der Waals surface area contributed by atoms with E-state index in [1.807, 2.05) is 11.8 Å². The summed E-state index contributed by atoms with van der Waals surface area (Å²) in [4.78, 5) is 11.7. The number of nitrogens with one attached hydrogen (secondary N) is 2. The number of carbonyl (C=O) groups excluding carboxylic acids is 1. The third-order valence-corrected chi connectivity index (χ3v) is 3.40. The number of anilines is 2. The van der Waals surface area contributed by atoms with Gasteiger partial charge in [-0.2, -0.15) is 11.8 Å². The molecule has 0 spiro atoms. The van der Waals surface area contributed by atoms with Gasteiger partial charge in [0.1, 0.15) is 11.4 Å². The Morgan fingerprint density at radius 2 is 2.05 bits per heavy atom. The molecular weight excluding hydrogens is 303 g/mol. The molecule has 4 nitrogen and oxygen atoms in total. The van der Waals surface area contributed by atoms with Crippen molar-refractivity contribution < 1.29 is 13.9 Å². The zero-order chi connectivity index (χ0) is 16.6. The number of hydrogen-bond donors (Lipinski definition) is 2. The van der Waals surface area contributed by atoms with Crippen molar-refractivity contribution in [3.8, 4) is 0 Å². The molecule has 0 aliphatic rings. The average molecular weight is 328 g/mol. The predicted octanol–water partition coefficient (Wildman–Crippen LogP) is 4.73. The largest absolute Gasteiger partial charge is 0.444 e. The molecule has 1 rings (SSSR count). The van der Waals surface area contributed by atoms with Crippen molar-refractivity contribution in [2.75, 3.05) is 29.2 Å². The van der Waals surface area contributed by atoms with Gasteiger partial charge in [-0.15, -0.1) is 0 Å². The number of hydrogen-bond acceptors (Lipinski definition) is 4. The Kier molecular flexibility index (Phi) is 7.51. The Bertz CT molecular complexity index is 490. The van der Waals surface area contributed by atoms with Gasteiger partial charge in [0, 0.05) is 12.2 Å². The molecular formula is C16H25FN2O2S. The van der Waals surface area contributed by atoms with E-state index in [1.54, 1.807) is 32.9 Å². The van der Waals surface area contributed by atoms with Crippen molar-refractivity contribution in [2.45, 2.75) is 39.2 Å². The van der Waals surface area contributed by atoms with Crippen LogP contribution >= 0.6 is 11.8 Å². The summed E-state index contributed by atoms with van der Waals surface area (Å²) in [5.41, 5.74) is 0.272. The van der Waals surface area contributed by atoms with E-state index >= 15 is 0 Å². The maximum absolute atomic E-state index is 13.8. The first kappa shape index (κ1) is 18.6. The van der Waals surface area contributed by atoms with Crippen LogP contribution in [0.25, 0.3) is 0 Å². The molecule has 0 aliphatic carbocycles. The Labute approximate surface area is 136 Å². The van der Waals surface area contributed by atoms with Crippen LogP contribution in [0.15, 0.2) is 18.2 Å². The summed E-state index contributed by atoms with van der Waals surface area (Å²) < 4.78 is 18.9. The second-order valence-corrected chi connectivity index (χ2v) is 6.93. The summed E-state index contributed by atoms with van der Waals surface area (Å²) in [6.45, 7) is 6.10. The van der Waals surface area contributed by atoms with E-state index in [9.17, 15) is 9.18 Å². The van der Waals surface area contributed by atoms with Crippen molar-refractivity contribution in [1.29, 1.82) is 0 Å². The van der Waals surface area contributed by atoms with Crippen molar-refractivity contribution in [2.24, 2.45) is 0 Å². The fraction of sp³-hybridized carbons (Fsp3) is 0.562. The van der Waals surface area contributed by atoms with E-state index in [2.05, 4.69) is 16.9 Å². The first-order chi connectivity index (χ1) is 10.3. The summed E-state index contributed by atoms with van der Waals surface area (Å²) >= 11 is 1.82. The zero-order valence-electron chi connectivity index (χ0n) is 13.7. The highest BCUT2D eigenvalue weighted by atomic mass is 32.2. The minimum Gasteiger partial charge on any atom is -0.444 e. The summed E-state index contributed by atoms with van der Waals surface area (Å²) in [5, 5.41) is 5.66. The monoisotopic (exact) mass is 328 g/mol. The first-order valence-electron chi connectivity index (χ1n) is 7.34. The fourth-order valence-corrected chi connectivity index (χ4v) is 2.24. The smallest absolute Gasteiger partial charge is 0.412 e. The van der Waals surface area contributed by atoms with Gasteiger partial charge in [-0.05, 0) is 63.8 Å². The molecule has 0 atom stereocenters. The molecule has 0 saturated heterocycles. The molecule has 1 aromatic carbocycles. The summed E-state index contributed by atoms with van der Waals surface area (Å²) in [7, 11) is 0. The molecule has 22 heavy (non-hydrogen) atoms. The van der Waals surface area contributed by atoms with Crippen LogP contribution in [-0.2, 0) is 4.74 Å². The number of rotatable bonds is 7. The third kappa shape index (κ3) is 7.54. The van der Waals surface area contributed by atoms with Gasteiger partial charge in [-0.3, -0.25) is 5.32 Å². The number of halogens is 1. The van der Waals surface area contributed by atoms with Crippen LogP contribution in [-0.4, -0.2) is 30.2 Å². The topological polar surface area (TPSA) is 50.4 Å². The lowest BCUT2D eigenvalue weighted by Gasteiger charge is -2.20. The van der Waals surface area contributed by atoms with E-state index < -0.39 is 17.5 Å². The van der Waals surface area contributed by atoms with Gasteiger partial charge in [-0.1, -0.05) is 0 Å². The molecule has 0 saturated carbocycles. The van der Waals surface area contributed by atoms with Gasteiger partial charge in [0.15, 0.2) is 0 Å². The minimum atomic E-state index is -0.663. The maximum Gasteiger partial charge on any atom is 0.412 e. The first-order valence-corrected chi connectivity index (χ1v) is 8.73. The van der Waals surface area contributed by atoms with Crippen molar-refractivity contribution >= 4 is 29.2 Å². The van der Waals surface area contributed by atoms with Gasteiger partial charge in [-0.25, -0.2) is 9.18 Å². The summed E-state index contributed by atoms with van der Waals surface area (Å²) in [5.74, 6) is 0.648. The number of ether oxygens (including phenoxy) is 1. The molecule has 1 aromatic rings. The molecule has 6 heteroatoms. The van der Waals surface area contributed by atoms with Crippen LogP contribution in [0.1, 0.15) is 33.6 Å². The van der Waals surface area contributed by atoms with Gasteiger partial charge in [0.25, 0.3) is 0 Å². The van der Waals surface area contributed by atoms with Crippen LogP contribution in [0, 0.1) is 5.82 Å². The number of amides is 1. The van der Waals surface area contributed by atoms with Crippen LogP contribution in [0.4, 0.5) is 20.6 Å². The highest BCUT2D eigenvalue weighted by Gasteiger charge is 2.17. The van der Waals surface area contributed by atoms with Gasteiger partial charge < -0.3 is 10.1 Å². The summed E-state index contributed by atoms with van der Waals surface area (Å²) in [6.07, 6.45) is 3.61. The second kappa shape index (κ2) is 8.88. The zero-order valence-corrected chi connectivity index (χ0v) is 14.5. The molecule has 0 unspecified atom stereocenters. The van der Waals surface area contributed by atoms with E-state index in [4.69, 9.17) is 4.74 Å². The number of benzene rings is 1. The second-order valence-electron chi connectivity index (χ2n) is 5.95. The van der Waals surface area contributed by atoms with Crippen LogP contribution < -0.4 is 10.6 Å². The Hall–Kier alpha value is -1.43. The molecule has 124 valence electrons. The molecule has 0 aromatic heterocycles. The van der Waals surface area contributed by atoms with Gasteiger partial charge in [0.2, 0.25) is 0 Å². The number of carbonyl (C=O) groups is 1. The molecule has 1 amide bonds. The van der Waals surface area contributed by atoms with Gasteiger partial charge in [0.05, 0.1) is 5.69 Å². The number of thioether (sulfide) groups is 1. The highest BCUT2D eigenvalue weighted by Crippen LogP contribution is 2.21. The standard InChI is InChI=1S/C16H25FN2O2S/c1-16(2,3)21-15(20)19-14-11-12(7-8-13(14)17)18-9-5-6-10-22-4/h7-8,11,18H,5-6,9-10H2,1-4H3,(H,19,20). The van der Waals surface area contributed by atoms with E-state index in [0.717, 1.165) is 30.8 Å². The van der Waals surface area contributed by atoms with Crippen LogP contribution in [0.5, 0.6) is 0 Å². The van der Waals surface area contributed by atoms with Crippen LogP contribution in [0.2, 0.25) is 0 Å². The molecule has 0 aliphatic heterocycles. The molecule has 0 bridgehead atoms. The van der Waals surface area contributed by atoms with Crippen molar-refractivity contribution in [1.82, 2.24) is 0 Å². The normalized spacial score (nSPS) is 11.1. The van der Waals surface area contributed by atoms with Gasteiger partial charge >= 0.3 is 6.09 Å². The lowest BCUT2D eigenvalue weighted by atomic mass is 10.2. The molecule has 2 N–H and O–H groups in total. The maximum atomic E-state index is 13.8. The lowest BCUT2D eigenvalue weighted by Crippen LogP contribution is -2.27. The van der Waals surface area contributed by atoms with Crippen molar-refractivity contribution in [3.05, 3.63) is 24.0 Å². The quantitative estimate of drug-likeness (QED) is 0.711. The predicted molar refractivity (Wildman–Crippen MR) is 92.4 cm³/mol. The molecule has 0 heterocycles. The molecule has 0 fully saturated rings. The fourth-order valence-electron chi connectivity index (χ4n) is 1.75. The minimum absolute atomic E-state index is 0.114. The van der Waals surface area contributed by atoms with E-state index in [1.165, 1.54) is 6.07 Å². The Morgan fingerprint density at radius 3 is 2.68 bits per heavy atom. The lowest BCUT2D eigenvalue weighted by molar-refractivity contribution is 0.0635. The van der Waals surface area contributed by atoms with Crippen molar-refractivity contribution in [3.63, 3.8) is 0 Å². The van der Waals surface area contributed by atoms with E-state index in [-0.39, 0.29) is 5.69 Å². The van der Waals surface area contributed by atoms with E-state index in [0.29, 0.717) is 0 Å². The Balaban J connectivity index is 2.56. The number of unbranched alkanes of at least 4 members (excludes halogenated alkanes) is 1. The van der Waals surface area contributed by atoms with Crippen LogP contribution in [0.3, 0.4) is 0 Å². The average Bonchev–Trinajstić information content (AvgIpc) is 2.40. The third-order valence-electron chi connectivity index (χ3n) is 2.71.